The van der Waals surface area contributed by atoms with Crippen LogP contribution >= 0.6 is 35.4 Å². The van der Waals surface area contributed by atoms with Gasteiger partial charge in [0.15, 0.2) is 5.11 Å². The van der Waals surface area contributed by atoms with Crippen molar-refractivity contribution in [1.29, 1.82) is 0 Å². The SMILES string of the molecule is CNC(=O)CC1C(=O)N(Cc2ccccc2)C(=S)N1NC(=O)c1ccc(Cl)cc1Cl. The second kappa shape index (κ2) is 9.42. The lowest BCUT2D eigenvalue weighted by Gasteiger charge is -2.24. The van der Waals surface area contributed by atoms with Crippen molar-refractivity contribution in [3.05, 3.63) is 69.7 Å². The maximum Gasteiger partial charge on any atom is 0.271 e. The van der Waals surface area contributed by atoms with Gasteiger partial charge in [0.05, 0.1) is 23.6 Å². The Morgan fingerprint density at radius 3 is 2.47 bits per heavy atom. The molecule has 3 amide bonds. The lowest BCUT2D eigenvalue weighted by molar-refractivity contribution is -0.132. The third-order valence-electron chi connectivity index (χ3n) is 4.54. The molecule has 1 atom stereocenters. The summed E-state index contributed by atoms with van der Waals surface area (Å²) in [6, 6.07) is 12.7. The first kappa shape index (κ1) is 22.0. The summed E-state index contributed by atoms with van der Waals surface area (Å²) in [5, 5.41) is 4.35. The predicted octanol–water partition coefficient (Wildman–Crippen LogP) is 2.77. The van der Waals surface area contributed by atoms with E-state index < -0.39 is 11.9 Å². The van der Waals surface area contributed by atoms with Crippen LogP contribution in [0.25, 0.3) is 0 Å². The summed E-state index contributed by atoms with van der Waals surface area (Å²) in [7, 11) is 1.47. The van der Waals surface area contributed by atoms with Gasteiger partial charge in [-0.1, -0.05) is 53.5 Å². The maximum atomic E-state index is 13.0. The quantitative estimate of drug-likeness (QED) is 0.642. The summed E-state index contributed by atoms with van der Waals surface area (Å²) >= 11 is 17.5. The van der Waals surface area contributed by atoms with E-state index in [4.69, 9.17) is 35.4 Å². The molecule has 0 aliphatic carbocycles. The highest BCUT2D eigenvalue weighted by atomic mass is 35.5. The van der Waals surface area contributed by atoms with Gasteiger partial charge in [0.1, 0.15) is 6.04 Å². The minimum absolute atomic E-state index is 0.0937. The van der Waals surface area contributed by atoms with Crippen LogP contribution < -0.4 is 10.7 Å². The molecule has 1 heterocycles. The van der Waals surface area contributed by atoms with Gasteiger partial charge in [-0.25, -0.2) is 5.01 Å². The second-order valence-electron chi connectivity index (χ2n) is 6.52. The van der Waals surface area contributed by atoms with Gasteiger partial charge in [0.2, 0.25) is 5.91 Å². The highest BCUT2D eigenvalue weighted by Crippen LogP contribution is 2.24. The molecule has 0 aromatic heterocycles. The largest absolute Gasteiger partial charge is 0.359 e. The van der Waals surface area contributed by atoms with Crippen molar-refractivity contribution < 1.29 is 14.4 Å². The molecule has 30 heavy (non-hydrogen) atoms. The van der Waals surface area contributed by atoms with Crippen molar-refractivity contribution in [3.8, 4) is 0 Å². The Labute approximate surface area is 188 Å². The molecule has 0 saturated carbocycles. The van der Waals surface area contributed by atoms with E-state index in [1.54, 1.807) is 0 Å². The van der Waals surface area contributed by atoms with Crippen LogP contribution in [0.15, 0.2) is 48.5 Å². The summed E-state index contributed by atoms with van der Waals surface area (Å²) in [5.41, 5.74) is 3.64. The normalized spacial score (nSPS) is 16.0. The van der Waals surface area contributed by atoms with E-state index in [1.807, 2.05) is 30.3 Å². The van der Waals surface area contributed by atoms with Gasteiger partial charge in [-0.15, -0.1) is 0 Å². The highest BCUT2D eigenvalue weighted by molar-refractivity contribution is 7.80. The number of halogens is 2. The first-order valence-corrected chi connectivity index (χ1v) is 10.1. The number of hydrogen-bond acceptors (Lipinski definition) is 4. The van der Waals surface area contributed by atoms with E-state index in [2.05, 4.69) is 10.7 Å². The molecule has 2 N–H and O–H groups in total. The number of nitrogens with one attached hydrogen (secondary N) is 2. The molecule has 1 saturated heterocycles. The molecule has 156 valence electrons. The first-order chi connectivity index (χ1) is 14.3. The van der Waals surface area contributed by atoms with E-state index in [0.717, 1.165) is 5.56 Å². The van der Waals surface area contributed by atoms with E-state index in [-0.39, 0.29) is 40.5 Å². The Morgan fingerprint density at radius 1 is 1.13 bits per heavy atom. The minimum atomic E-state index is -0.976. The number of nitrogens with zero attached hydrogens (tertiary/aromatic N) is 2. The van der Waals surface area contributed by atoms with Crippen molar-refractivity contribution >= 4 is 58.3 Å². The minimum Gasteiger partial charge on any atom is -0.359 e. The Bertz CT molecular complexity index is 1000. The molecule has 0 radical (unpaired) electrons. The van der Waals surface area contributed by atoms with Crippen molar-refractivity contribution in [2.24, 2.45) is 0 Å². The van der Waals surface area contributed by atoms with Crippen molar-refractivity contribution in [3.63, 3.8) is 0 Å². The Morgan fingerprint density at radius 2 is 1.83 bits per heavy atom. The van der Waals surface area contributed by atoms with Gasteiger partial charge in [-0.05, 0) is 36.0 Å². The van der Waals surface area contributed by atoms with Crippen LogP contribution in [0.1, 0.15) is 22.3 Å². The summed E-state index contributed by atoms with van der Waals surface area (Å²) < 4.78 is 0. The number of amides is 3. The monoisotopic (exact) mass is 464 g/mol. The van der Waals surface area contributed by atoms with E-state index >= 15 is 0 Å². The number of carbonyl (C=O) groups excluding carboxylic acids is 3. The van der Waals surface area contributed by atoms with Crippen LogP contribution in [-0.4, -0.2) is 45.8 Å². The summed E-state index contributed by atoms with van der Waals surface area (Å²) in [6.07, 6.45) is -0.171. The second-order valence-corrected chi connectivity index (χ2v) is 7.73. The van der Waals surface area contributed by atoms with Crippen LogP contribution in [0.2, 0.25) is 10.0 Å². The topological polar surface area (TPSA) is 81.8 Å². The summed E-state index contributed by atoms with van der Waals surface area (Å²) in [4.78, 5) is 39.2. The fourth-order valence-corrected chi connectivity index (χ4v) is 3.81. The number of carbonyl (C=O) groups is 3. The molecule has 0 spiro atoms. The molecule has 2 aromatic carbocycles. The smallest absolute Gasteiger partial charge is 0.271 e. The molecule has 3 rings (SSSR count). The zero-order valence-corrected chi connectivity index (χ0v) is 18.2. The number of rotatable bonds is 6. The number of hydrazine groups is 1. The molecule has 1 fully saturated rings. The molecule has 1 unspecified atom stereocenters. The fourth-order valence-electron chi connectivity index (χ4n) is 2.98. The summed E-state index contributed by atoms with van der Waals surface area (Å²) in [6.45, 7) is 0.219. The van der Waals surface area contributed by atoms with Crippen LogP contribution in [0.3, 0.4) is 0 Å². The Kier molecular flexibility index (Phi) is 6.91. The van der Waals surface area contributed by atoms with Gasteiger partial charge in [-0.3, -0.25) is 24.7 Å². The van der Waals surface area contributed by atoms with E-state index in [9.17, 15) is 14.4 Å². The Balaban J connectivity index is 1.86. The van der Waals surface area contributed by atoms with Crippen molar-refractivity contribution in [2.75, 3.05) is 7.05 Å². The van der Waals surface area contributed by atoms with E-state index in [1.165, 1.54) is 35.2 Å². The van der Waals surface area contributed by atoms with Crippen LogP contribution in [0.4, 0.5) is 0 Å². The molecule has 1 aliphatic heterocycles. The molecular weight excluding hydrogens is 447 g/mol. The van der Waals surface area contributed by atoms with Gasteiger partial charge in [0.25, 0.3) is 11.8 Å². The molecule has 0 bridgehead atoms. The van der Waals surface area contributed by atoms with Gasteiger partial charge in [0, 0.05) is 12.1 Å². The lowest BCUT2D eigenvalue weighted by Crippen LogP contribution is -2.50. The number of hydrogen-bond donors (Lipinski definition) is 2. The lowest BCUT2D eigenvalue weighted by atomic mass is 10.1. The Hall–Kier alpha value is -2.68. The third-order valence-corrected chi connectivity index (χ3v) is 5.50. The standard InChI is InChI=1S/C20H18Cl2N4O3S/c1-23-17(27)10-16-19(29)25(11-12-5-3-2-4-6-12)20(30)26(16)24-18(28)14-8-7-13(21)9-15(14)22/h2-9,16H,10-11H2,1H3,(H,23,27)(H,24,28). The molecule has 2 aromatic rings. The molecule has 10 heteroatoms. The van der Waals surface area contributed by atoms with E-state index in [0.29, 0.717) is 5.02 Å². The zero-order valence-electron chi connectivity index (χ0n) is 15.9. The average molecular weight is 465 g/mol. The van der Waals surface area contributed by atoms with Crippen molar-refractivity contribution in [2.45, 2.75) is 19.0 Å². The molecule has 1 aliphatic rings. The third kappa shape index (κ3) is 4.72. The summed E-state index contributed by atoms with van der Waals surface area (Å²) in [5.74, 6) is -1.31. The van der Waals surface area contributed by atoms with Gasteiger partial charge < -0.3 is 5.32 Å². The molecule has 7 nitrogen and oxygen atoms in total. The van der Waals surface area contributed by atoms with Crippen molar-refractivity contribution in [1.82, 2.24) is 20.7 Å². The predicted molar refractivity (Wildman–Crippen MR) is 118 cm³/mol. The number of thiocarbonyl (C=S) groups is 1. The van der Waals surface area contributed by atoms with Crippen LogP contribution in [0.5, 0.6) is 0 Å². The van der Waals surface area contributed by atoms with Gasteiger partial charge >= 0.3 is 0 Å². The van der Waals surface area contributed by atoms with Crippen LogP contribution in [-0.2, 0) is 16.1 Å². The zero-order chi connectivity index (χ0) is 21.8. The van der Waals surface area contributed by atoms with Crippen LogP contribution in [0, 0.1) is 0 Å². The molecular formula is C20H18Cl2N4O3S. The number of benzene rings is 2. The fraction of sp³-hybridized carbons (Fsp3) is 0.200. The van der Waals surface area contributed by atoms with Gasteiger partial charge in [-0.2, -0.15) is 0 Å². The highest BCUT2D eigenvalue weighted by Gasteiger charge is 2.44. The first-order valence-electron chi connectivity index (χ1n) is 8.97. The maximum absolute atomic E-state index is 13.0. The average Bonchev–Trinajstić information content (AvgIpc) is 2.93.